The lowest BCUT2D eigenvalue weighted by Crippen LogP contribution is -2.23. The molecule has 0 unspecified atom stereocenters. The number of amides is 1. The number of alkyl halides is 3. The van der Waals surface area contributed by atoms with Gasteiger partial charge in [-0.2, -0.15) is 0 Å². The van der Waals surface area contributed by atoms with E-state index in [-0.39, 0.29) is 17.2 Å². The predicted octanol–water partition coefficient (Wildman–Crippen LogP) is 4.08. The summed E-state index contributed by atoms with van der Waals surface area (Å²) in [6, 6.07) is 7.05. The molecule has 0 bridgehead atoms. The zero-order valence-electron chi connectivity index (χ0n) is 18.4. The molecule has 0 spiro atoms. The molecule has 2 N–H and O–H groups in total. The van der Waals surface area contributed by atoms with Gasteiger partial charge in [-0.05, 0) is 37.3 Å². The van der Waals surface area contributed by atoms with E-state index in [4.69, 9.17) is 11.6 Å². The molecule has 3 heterocycles. The maximum absolute atomic E-state index is 12.9. The fourth-order valence-corrected chi connectivity index (χ4v) is 3.73. The van der Waals surface area contributed by atoms with E-state index in [9.17, 15) is 18.7 Å². The van der Waals surface area contributed by atoms with Gasteiger partial charge in [-0.1, -0.05) is 6.92 Å². The molecule has 178 valence electrons. The van der Waals surface area contributed by atoms with Crippen LogP contribution in [0.1, 0.15) is 23.1 Å². The smallest absolute Gasteiger partial charge is 0.420 e. The number of ether oxygens (including phenoxy) is 1. The first-order valence-corrected chi connectivity index (χ1v) is 10.9. The van der Waals surface area contributed by atoms with Gasteiger partial charge in [0.1, 0.15) is 17.4 Å². The summed E-state index contributed by atoms with van der Waals surface area (Å²) in [4.78, 5) is 27.9. The minimum Gasteiger partial charge on any atom is -0.420 e. The molecule has 2 atom stereocenters. The van der Waals surface area contributed by atoms with Gasteiger partial charge in [-0.25, -0.2) is 15.0 Å². The highest BCUT2D eigenvalue weighted by molar-refractivity contribution is 6.20. The second kappa shape index (κ2) is 9.47. The largest absolute Gasteiger partial charge is 0.487 e. The number of rotatable bonds is 6. The Labute approximate surface area is 199 Å². The molecule has 34 heavy (non-hydrogen) atoms. The number of aryl methyl sites for hydroxylation is 1. The second-order valence-corrected chi connectivity index (χ2v) is 8.53. The van der Waals surface area contributed by atoms with Crippen LogP contribution in [0, 0.1) is 12.8 Å². The van der Waals surface area contributed by atoms with Crippen molar-refractivity contribution < 1.29 is 23.4 Å². The molecule has 0 aliphatic carbocycles. The Morgan fingerprint density at radius 2 is 1.85 bits per heavy atom. The van der Waals surface area contributed by atoms with Crippen molar-refractivity contribution >= 4 is 29.0 Å². The van der Waals surface area contributed by atoms with Gasteiger partial charge in [0.15, 0.2) is 0 Å². The number of hydrogen-bond acceptors (Lipinski definition) is 7. The van der Waals surface area contributed by atoms with Crippen LogP contribution in [0.3, 0.4) is 0 Å². The first-order chi connectivity index (χ1) is 16.1. The van der Waals surface area contributed by atoms with E-state index in [1.165, 1.54) is 30.5 Å². The lowest BCUT2D eigenvalue weighted by atomic mass is 10.1. The van der Waals surface area contributed by atoms with Gasteiger partial charge in [-0.15, -0.1) is 8.78 Å². The summed E-state index contributed by atoms with van der Waals surface area (Å²) in [5, 5.41) is 12.9. The summed E-state index contributed by atoms with van der Waals surface area (Å²) in [5.74, 6) is 0.720. The summed E-state index contributed by atoms with van der Waals surface area (Å²) >= 11 is 4.76. The number of aromatic nitrogens is 3. The fourth-order valence-electron chi connectivity index (χ4n) is 3.64. The molecule has 8 nitrogen and oxygen atoms in total. The van der Waals surface area contributed by atoms with Crippen molar-refractivity contribution in [2.75, 3.05) is 23.3 Å². The van der Waals surface area contributed by atoms with Crippen molar-refractivity contribution in [1.82, 2.24) is 15.0 Å². The molecule has 0 radical (unpaired) electrons. The average Bonchev–Trinajstić information content (AvgIpc) is 3.12. The number of aliphatic hydroxyl groups excluding tert-OH is 1. The number of aliphatic hydroxyl groups is 1. The Kier molecular flexibility index (Phi) is 6.63. The third-order valence-corrected chi connectivity index (χ3v) is 5.52. The number of nitrogens with zero attached hydrogens (tertiary/aromatic N) is 4. The van der Waals surface area contributed by atoms with Gasteiger partial charge in [0.05, 0.1) is 11.7 Å². The van der Waals surface area contributed by atoms with Crippen molar-refractivity contribution in [1.29, 1.82) is 0 Å². The van der Waals surface area contributed by atoms with Gasteiger partial charge < -0.3 is 20.1 Å². The quantitative estimate of drug-likeness (QED) is 0.503. The summed E-state index contributed by atoms with van der Waals surface area (Å²) in [6.45, 7) is 4.78. The molecule has 1 aromatic carbocycles. The van der Waals surface area contributed by atoms with Crippen molar-refractivity contribution in [3.8, 4) is 16.9 Å². The van der Waals surface area contributed by atoms with Crippen molar-refractivity contribution in [3.05, 3.63) is 60.3 Å². The molecule has 1 fully saturated rings. The van der Waals surface area contributed by atoms with Crippen LogP contribution in [-0.2, 0) is 0 Å². The topological polar surface area (TPSA) is 100 Å². The van der Waals surface area contributed by atoms with Gasteiger partial charge >= 0.3 is 5.57 Å². The van der Waals surface area contributed by atoms with Gasteiger partial charge in [0, 0.05) is 66.0 Å². The molecule has 1 saturated heterocycles. The van der Waals surface area contributed by atoms with Gasteiger partial charge in [0.25, 0.3) is 5.91 Å². The zero-order valence-corrected chi connectivity index (χ0v) is 19.1. The first-order valence-electron chi connectivity index (χ1n) is 10.5. The van der Waals surface area contributed by atoms with E-state index >= 15 is 0 Å². The monoisotopic (exact) mass is 489 g/mol. The number of β-amino-alcohol motifs (C(OH)–C–C–N with tert-alkyl or cyclic N) is 1. The van der Waals surface area contributed by atoms with Crippen LogP contribution in [0.4, 0.5) is 20.3 Å². The Morgan fingerprint density at radius 1 is 1.18 bits per heavy atom. The van der Waals surface area contributed by atoms with Crippen LogP contribution >= 0.6 is 11.6 Å². The maximum atomic E-state index is 12.9. The highest BCUT2D eigenvalue weighted by Gasteiger charge is 2.31. The minimum absolute atomic E-state index is 0.0811. The third kappa shape index (κ3) is 5.57. The summed E-state index contributed by atoms with van der Waals surface area (Å²) in [5.41, 5.74) is -1.84. The average molecular weight is 490 g/mol. The van der Waals surface area contributed by atoms with Crippen LogP contribution in [0.25, 0.3) is 11.1 Å². The van der Waals surface area contributed by atoms with E-state index in [0.29, 0.717) is 41.5 Å². The number of hydrogen-bond donors (Lipinski definition) is 2. The number of carbonyl (C=O) groups is 1. The number of halogens is 3. The van der Waals surface area contributed by atoms with Crippen LogP contribution in [0.2, 0.25) is 0 Å². The van der Waals surface area contributed by atoms with E-state index in [1.807, 2.05) is 11.8 Å². The molecule has 1 aliphatic heterocycles. The van der Waals surface area contributed by atoms with E-state index in [0.717, 1.165) is 0 Å². The van der Waals surface area contributed by atoms with Crippen molar-refractivity contribution in [2.24, 2.45) is 5.92 Å². The molecule has 1 aliphatic rings. The SMILES string of the molecule is Cc1ncc(-c2cc(C(=O)Nc3ccc(OC(F)(F)Cl)cc3)cnc2N2C[C@H](C)[C@@H](O)C2)cn1. The first kappa shape index (κ1) is 23.8. The molecule has 11 heteroatoms. The number of anilines is 2. The highest BCUT2D eigenvalue weighted by atomic mass is 35.5. The van der Waals surface area contributed by atoms with Crippen LogP contribution in [0.5, 0.6) is 5.75 Å². The maximum Gasteiger partial charge on any atom is 0.487 e. The Bertz CT molecular complexity index is 1160. The summed E-state index contributed by atoms with van der Waals surface area (Å²) in [7, 11) is 0. The van der Waals surface area contributed by atoms with E-state index < -0.39 is 17.6 Å². The van der Waals surface area contributed by atoms with Gasteiger partial charge in [0.2, 0.25) is 0 Å². The fraction of sp³-hybridized carbons (Fsp3) is 0.304. The molecule has 2 aromatic heterocycles. The van der Waals surface area contributed by atoms with Crippen molar-refractivity contribution in [3.63, 3.8) is 0 Å². The zero-order chi connectivity index (χ0) is 24.5. The lowest BCUT2D eigenvalue weighted by Gasteiger charge is -2.21. The van der Waals surface area contributed by atoms with Gasteiger partial charge in [-0.3, -0.25) is 4.79 Å². The molecular formula is C23H22ClF2N5O3. The Morgan fingerprint density at radius 3 is 2.44 bits per heavy atom. The van der Waals surface area contributed by atoms with E-state index in [2.05, 4.69) is 25.0 Å². The molecule has 4 rings (SSSR count). The number of nitrogens with one attached hydrogen (secondary N) is 1. The number of benzene rings is 1. The molecular weight excluding hydrogens is 468 g/mol. The normalized spacial score (nSPS) is 18.1. The number of carbonyl (C=O) groups excluding carboxylic acids is 1. The molecule has 1 amide bonds. The molecule has 0 saturated carbocycles. The standard InChI is InChI=1S/C23H22ClF2N5O3/c1-13-11-31(12-20(13)32)21-19(16-9-27-14(2)28-10-16)7-15(8-29-21)22(33)30-17-3-5-18(6-4-17)34-23(24,25)26/h3-10,13,20,32H,11-12H2,1-2H3,(H,30,33)/t13-,20-/m0/s1. The highest BCUT2D eigenvalue weighted by Crippen LogP contribution is 2.33. The Hall–Kier alpha value is -3.37. The Balaban J connectivity index is 1.60. The van der Waals surface area contributed by atoms with Crippen LogP contribution < -0.4 is 15.0 Å². The van der Waals surface area contributed by atoms with E-state index in [1.54, 1.807) is 25.4 Å². The van der Waals surface area contributed by atoms with Crippen LogP contribution in [0.15, 0.2) is 48.9 Å². The predicted molar refractivity (Wildman–Crippen MR) is 123 cm³/mol. The minimum atomic E-state index is -3.82. The number of pyridine rings is 1. The van der Waals surface area contributed by atoms with Crippen LogP contribution in [-0.4, -0.2) is 50.7 Å². The lowest BCUT2D eigenvalue weighted by molar-refractivity contribution is -0.0964. The summed E-state index contributed by atoms with van der Waals surface area (Å²) in [6.07, 6.45) is 4.29. The second-order valence-electron chi connectivity index (χ2n) is 8.09. The molecule has 3 aromatic rings. The third-order valence-electron chi connectivity index (χ3n) is 5.44. The summed E-state index contributed by atoms with van der Waals surface area (Å²) < 4.78 is 29.8. The van der Waals surface area contributed by atoms with Crippen molar-refractivity contribution in [2.45, 2.75) is 25.5 Å².